The number of benzene rings is 1. The Hall–Kier alpha value is -3.06. The van der Waals surface area contributed by atoms with E-state index in [9.17, 15) is 9.59 Å². The lowest BCUT2D eigenvalue weighted by Crippen LogP contribution is -2.22. The normalized spacial score (nSPS) is 10.4. The van der Waals surface area contributed by atoms with E-state index in [4.69, 9.17) is 9.15 Å². The molecule has 0 spiro atoms. The highest BCUT2D eigenvalue weighted by molar-refractivity contribution is 7.18. The van der Waals surface area contributed by atoms with Crippen molar-refractivity contribution in [3.63, 3.8) is 0 Å². The van der Waals surface area contributed by atoms with Crippen molar-refractivity contribution in [3.8, 4) is 5.75 Å². The van der Waals surface area contributed by atoms with Crippen LogP contribution in [0, 0.1) is 6.92 Å². The van der Waals surface area contributed by atoms with Crippen LogP contribution in [-0.2, 0) is 6.54 Å². The monoisotopic (exact) mass is 370 g/mol. The van der Waals surface area contributed by atoms with Gasteiger partial charge >= 0.3 is 0 Å². The number of carbonyl (C=O) groups is 2. The van der Waals surface area contributed by atoms with Crippen molar-refractivity contribution < 1.29 is 18.7 Å². The Balaban J connectivity index is 1.62. The van der Waals surface area contributed by atoms with Crippen LogP contribution >= 0.6 is 11.3 Å². The fourth-order valence-electron chi connectivity index (χ4n) is 2.36. The minimum Gasteiger partial charge on any atom is -0.497 e. The number of nitrogens with one attached hydrogen (secondary N) is 2. The van der Waals surface area contributed by atoms with Gasteiger partial charge in [0.15, 0.2) is 5.76 Å². The summed E-state index contributed by atoms with van der Waals surface area (Å²) < 4.78 is 10.2. The first-order valence-electron chi connectivity index (χ1n) is 7.93. The van der Waals surface area contributed by atoms with Gasteiger partial charge in [0, 0.05) is 6.54 Å². The Morgan fingerprint density at radius 2 is 1.92 bits per heavy atom. The molecule has 0 saturated heterocycles. The summed E-state index contributed by atoms with van der Waals surface area (Å²) >= 11 is 1.23. The van der Waals surface area contributed by atoms with Crippen molar-refractivity contribution in [2.75, 3.05) is 12.4 Å². The first-order valence-corrected chi connectivity index (χ1v) is 8.75. The van der Waals surface area contributed by atoms with Crippen LogP contribution in [-0.4, -0.2) is 18.9 Å². The lowest BCUT2D eigenvalue weighted by atomic mass is 10.2. The van der Waals surface area contributed by atoms with Crippen molar-refractivity contribution in [2.45, 2.75) is 13.5 Å². The Morgan fingerprint density at radius 3 is 2.58 bits per heavy atom. The van der Waals surface area contributed by atoms with Crippen LogP contribution in [0.25, 0.3) is 0 Å². The maximum Gasteiger partial charge on any atom is 0.291 e. The van der Waals surface area contributed by atoms with Gasteiger partial charge in [-0.15, -0.1) is 11.3 Å². The van der Waals surface area contributed by atoms with Crippen LogP contribution in [0.5, 0.6) is 5.75 Å². The molecule has 0 bridgehead atoms. The van der Waals surface area contributed by atoms with E-state index in [1.165, 1.54) is 17.6 Å². The topological polar surface area (TPSA) is 80.6 Å². The third-order valence-corrected chi connectivity index (χ3v) is 4.87. The molecule has 0 aliphatic heterocycles. The number of hydrogen-bond acceptors (Lipinski definition) is 5. The number of hydrogen-bond donors (Lipinski definition) is 2. The number of rotatable bonds is 6. The van der Waals surface area contributed by atoms with Gasteiger partial charge in [-0.25, -0.2) is 0 Å². The molecule has 0 radical (unpaired) electrons. The number of anilines is 1. The van der Waals surface area contributed by atoms with Gasteiger partial charge in [-0.2, -0.15) is 0 Å². The largest absolute Gasteiger partial charge is 0.497 e. The molecular formula is C19H18N2O4S. The van der Waals surface area contributed by atoms with Crippen molar-refractivity contribution in [1.82, 2.24) is 5.32 Å². The number of ether oxygens (including phenoxy) is 1. The average Bonchev–Trinajstić information content (AvgIpc) is 3.30. The quantitative estimate of drug-likeness (QED) is 0.691. The van der Waals surface area contributed by atoms with Gasteiger partial charge in [0.05, 0.1) is 23.3 Å². The zero-order chi connectivity index (χ0) is 18.5. The molecule has 2 amide bonds. The summed E-state index contributed by atoms with van der Waals surface area (Å²) in [4.78, 5) is 25.0. The van der Waals surface area contributed by atoms with Crippen LogP contribution in [0.15, 0.2) is 53.1 Å². The molecule has 2 N–H and O–H groups in total. The van der Waals surface area contributed by atoms with E-state index < -0.39 is 0 Å². The molecule has 0 saturated carbocycles. The second-order valence-corrected chi connectivity index (χ2v) is 6.64. The molecule has 3 rings (SSSR count). The SMILES string of the molecule is COc1ccc(CNC(=O)c2sc(NC(=O)c3ccco3)cc2C)cc1. The predicted octanol–water partition coefficient (Wildman–Crippen LogP) is 3.84. The second-order valence-electron chi connectivity index (χ2n) is 5.58. The van der Waals surface area contributed by atoms with E-state index >= 15 is 0 Å². The average molecular weight is 370 g/mol. The van der Waals surface area contributed by atoms with Gasteiger partial charge in [0.2, 0.25) is 0 Å². The van der Waals surface area contributed by atoms with Crippen LogP contribution in [0.3, 0.4) is 0 Å². The highest BCUT2D eigenvalue weighted by Gasteiger charge is 2.16. The third kappa shape index (κ3) is 4.12. The Labute approximate surface area is 154 Å². The molecule has 0 aliphatic rings. The van der Waals surface area contributed by atoms with Crippen LogP contribution in [0.2, 0.25) is 0 Å². The van der Waals surface area contributed by atoms with Gasteiger partial charge in [-0.3, -0.25) is 9.59 Å². The highest BCUT2D eigenvalue weighted by atomic mass is 32.1. The van der Waals surface area contributed by atoms with Gasteiger partial charge < -0.3 is 19.8 Å². The number of furan rings is 1. The van der Waals surface area contributed by atoms with E-state index in [1.807, 2.05) is 31.2 Å². The van der Waals surface area contributed by atoms with Crippen molar-refractivity contribution in [1.29, 1.82) is 0 Å². The molecule has 26 heavy (non-hydrogen) atoms. The summed E-state index contributed by atoms with van der Waals surface area (Å²) in [5.41, 5.74) is 1.77. The Kier molecular flexibility index (Phi) is 5.38. The lowest BCUT2D eigenvalue weighted by molar-refractivity contribution is 0.0953. The molecule has 134 valence electrons. The predicted molar refractivity (Wildman–Crippen MR) is 99.9 cm³/mol. The zero-order valence-corrected chi connectivity index (χ0v) is 15.2. The van der Waals surface area contributed by atoms with E-state index in [2.05, 4.69) is 10.6 Å². The van der Waals surface area contributed by atoms with Crippen LogP contribution in [0.1, 0.15) is 31.4 Å². The number of amides is 2. The smallest absolute Gasteiger partial charge is 0.291 e. The molecule has 2 aromatic heterocycles. The standard InChI is InChI=1S/C19H18N2O4S/c1-12-10-16(21-18(22)15-4-3-9-25-15)26-17(12)19(23)20-11-13-5-7-14(24-2)8-6-13/h3-10H,11H2,1-2H3,(H,20,23)(H,21,22). The first kappa shape index (κ1) is 17.8. The summed E-state index contributed by atoms with van der Waals surface area (Å²) in [6.45, 7) is 2.25. The number of methoxy groups -OCH3 is 1. The number of carbonyl (C=O) groups excluding carboxylic acids is 2. The van der Waals surface area contributed by atoms with E-state index in [1.54, 1.807) is 25.3 Å². The summed E-state index contributed by atoms with van der Waals surface area (Å²) in [6, 6.07) is 12.5. The molecule has 0 unspecified atom stereocenters. The van der Waals surface area contributed by atoms with Gasteiger partial charge in [-0.1, -0.05) is 12.1 Å². The van der Waals surface area contributed by atoms with Crippen molar-refractivity contribution >= 4 is 28.2 Å². The summed E-state index contributed by atoms with van der Waals surface area (Å²) in [6.07, 6.45) is 1.44. The van der Waals surface area contributed by atoms with Crippen LogP contribution < -0.4 is 15.4 Å². The molecule has 0 atom stereocenters. The van der Waals surface area contributed by atoms with Gasteiger partial charge in [-0.05, 0) is 48.4 Å². The van der Waals surface area contributed by atoms with E-state index in [0.717, 1.165) is 16.9 Å². The minimum absolute atomic E-state index is 0.179. The van der Waals surface area contributed by atoms with Gasteiger partial charge in [0.1, 0.15) is 5.75 Å². The van der Waals surface area contributed by atoms with Gasteiger partial charge in [0.25, 0.3) is 11.8 Å². The Bertz CT molecular complexity index is 898. The highest BCUT2D eigenvalue weighted by Crippen LogP contribution is 2.27. The maximum absolute atomic E-state index is 12.4. The number of aryl methyl sites for hydroxylation is 1. The van der Waals surface area contributed by atoms with E-state index in [0.29, 0.717) is 16.4 Å². The fourth-order valence-corrected chi connectivity index (χ4v) is 3.34. The molecule has 0 fully saturated rings. The molecule has 3 aromatic rings. The second kappa shape index (κ2) is 7.88. The minimum atomic E-state index is -0.346. The van der Waals surface area contributed by atoms with Crippen LogP contribution in [0.4, 0.5) is 5.00 Å². The first-order chi connectivity index (χ1) is 12.6. The molecule has 0 aliphatic carbocycles. The molecule has 7 heteroatoms. The summed E-state index contributed by atoms with van der Waals surface area (Å²) in [7, 11) is 1.61. The third-order valence-electron chi connectivity index (χ3n) is 3.72. The maximum atomic E-state index is 12.4. The zero-order valence-electron chi connectivity index (χ0n) is 14.4. The van der Waals surface area contributed by atoms with E-state index in [-0.39, 0.29) is 17.6 Å². The molecule has 2 heterocycles. The van der Waals surface area contributed by atoms with Crippen molar-refractivity contribution in [2.24, 2.45) is 0 Å². The lowest BCUT2D eigenvalue weighted by Gasteiger charge is -2.06. The summed E-state index contributed by atoms with van der Waals surface area (Å²) in [5.74, 6) is 0.468. The fraction of sp³-hybridized carbons (Fsp3) is 0.158. The molecular weight excluding hydrogens is 352 g/mol. The number of thiophene rings is 1. The Morgan fingerprint density at radius 1 is 1.15 bits per heavy atom. The molecule has 1 aromatic carbocycles. The summed E-state index contributed by atoms with van der Waals surface area (Å²) in [5, 5.41) is 6.22. The van der Waals surface area contributed by atoms with Crippen molar-refractivity contribution in [3.05, 3.63) is 70.5 Å². The molecule has 6 nitrogen and oxygen atoms in total.